The first-order valence-electron chi connectivity index (χ1n) is 10.1. The second-order valence-corrected chi connectivity index (χ2v) is 8.28. The fraction of sp³-hybridized carbons (Fsp3) is 0.200. The molecule has 0 heterocycles. The van der Waals surface area contributed by atoms with Gasteiger partial charge in [0.1, 0.15) is 0 Å². The van der Waals surface area contributed by atoms with Crippen LogP contribution in [0.25, 0.3) is 0 Å². The number of nitrogens with one attached hydrogen (secondary N) is 2. The summed E-state index contributed by atoms with van der Waals surface area (Å²) in [7, 11) is 1.76. The SMILES string of the molecule is CN(CC(=O)Nc1ccccc1Br)CC(=O)NC(Cc1ccccc1)c1ccccc1. The lowest BCUT2D eigenvalue weighted by atomic mass is 9.99. The van der Waals surface area contributed by atoms with Crippen LogP contribution in [0.15, 0.2) is 89.4 Å². The Labute approximate surface area is 191 Å². The molecule has 160 valence electrons. The van der Waals surface area contributed by atoms with Gasteiger partial charge >= 0.3 is 0 Å². The van der Waals surface area contributed by atoms with Crippen LogP contribution >= 0.6 is 15.9 Å². The van der Waals surface area contributed by atoms with Crippen molar-refractivity contribution >= 4 is 33.4 Å². The fourth-order valence-corrected chi connectivity index (χ4v) is 3.71. The van der Waals surface area contributed by atoms with Crippen LogP contribution in [0.2, 0.25) is 0 Å². The van der Waals surface area contributed by atoms with Crippen LogP contribution < -0.4 is 10.6 Å². The van der Waals surface area contributed by atoms with E-state index in [4.69, 9.17) is 0 Å². The molecule has 0 bridgehead atoms. The third kappa shape index (κ3) is 7.35. The van der Waals surface area contributed by atoms with E-state index in [1.54, 1.807) is 11.9 Å². The largest absolute Gasteiger partial charge is 0.348 e. The summed E-state index contributed by atoms with van der Waals surface area (Å²) in [6.07, 6.45) is 0.697. The van der Waals surface area contributed by atoms with Crippen LogP contribution in [0.5, 0.6) is 0 Å². The van der Waals surface area contributed by atoms with Crippen LogP contribution in [0.1, 0.15) is 17.2 Å². The summed E-state index contributed by atoms with van der Waals surface area (Å²) in [5, 5.41) is 5.98. The number of rotatable bonds is 9. The molecule has 2 amide bonds. The summed E-state index contributed by atoms with van der Waals surface area (Å²) in [6, 6.07) is 27.3. The van der Waals surface area contributed by atoms with E-state index >= 15 is 0 Å². The van der Waals surface area contributed by atoms with Crippen LogP contribution in [0, 0.1) is 0 Å². The molecule has 1 unspecified atom stereocenters. The first kappa shape index (κ1) is 22.7. The summed E-state index contributed by atoms with van der Waals surface area (Å²) in [6.45, 7) is 0.241. The molecule has 0 saturated carbocycles. The zero-order valence-corrected chi connectivity index (χ0v) is 19.0. The lowest BCUT2D eigenvalue weighted by molar-refractivity contribution is -0.123. The van der Waals surface area contributed by atoms with E-state index in [1.165, 1.54) is 0 Å². The van der Waals surface area contributed by atoms with Crippen molar-refractivity contribution in [3.63, 3.8) is 0 Å². The van der Waals surface area contributed by atoms with Crippen molar-refractivity contribution in [1.29, 1.82) is 0 Å². The Hall–Kier alpha value is -2.96. The highest BCUT2D eigenvalue weighted by Gasteiger charge is 2.17. The topological polar surface area (TPSA) is 61.4 Å². The van der Waals surface area contributed by atoms with Crippen molar-refractivity contribution in [2.24, 2.45) is 0 Å². The maximum Gasteiger partial charge on any atom is 0.238 e. The Kier molecular flexibility index (Phi) is 8.38. The number of benzene rings is 3. The van der Waals surface area contributed by atoms with Crippen LogP contribution in [0.3, 0.4) is 0 Å². The van der Waals surface area contributed by atoms with Crippen molar-refractivity contribution in [2.45, 2.75) is 12.5 Å². The molecule has 3 aromatic carbocycles. The number of carbonyl (C=O) groups excluding carboxylic acids is 2. The molecule has 1 atom stereocenters. The molecule has 31 heavy (non-hydrogen) atoms. The van der Waals surface area contributed by atoms with E-state index in [-0.39, 0.29) is 30.9 Å². The maximum absolute atomic E-state index is 12.7. The third-order valence-electron chi connectivity index (χ3n) is 4.79. The quantitative estimate of drug-likeness (QED) is 0.477. The molecular weight excluding hydrogens is 454 g/mol. The zero-order valence-electron chi connectivity index (χ0n) is 17.4. The van der Waals surface area contributed by atoms with Crippen molar-refractivity contribution < 1.29 is 9.59 Å². The normalized spacial score (nSPS) is 11.7. The van der Waals surface area contributed by atoms with Gasteiger partial charge in [-0.1, -0.05) is 72.8 Å². The lowest BCUT2D eigenvalue weighted by Gasteiger charge is -2.22. The first-order chi connectivity index (χ1) is 15.0. The van der Waals surface area contributed by atoms with E-state index in [1.807, 2.05) is 72.8 Å². The molecule has 5 nitrogen and oxygen atoms in total. The van der Waals surface area contributed by atoms with E-state index in [9.17, 15) is 9.59 Å². The molecule has 0 fully saturated rings. The molecule has 3 aromatic rings. The van der Waals surface area contributed by atoms with Gasteiger partial charge in [-0.25, -0.2) is 0 Å². The van der Waals surface area contributed by atoms with Gasteiger partial charge in [0, 0.05) is 4.47 Å². The summed E-state index contributed by atoms with van der Waals surface area (Å²) < 4.78 is 0.815. The minimum Gasteiger partial charge on any atom is -0.348 e. The highest BCUT2D eigenvalue weighted by atomic mass is 79.9. The number of hydrogen-bond acceptors (Lipinski definition) is 3. The molecule has 6 heteroatoms. The average molecular weight is 480 g/mol. The smallest absolute Gasteiger partial charge is 0.238 e. The van der Waals surface area contributed by atoms with Gasteiger partial charge in [-0.2, -0.15) is 0 Å². The van der Waals surface area contributed by atoms with Crippen LogP contribution in [0.4, 0.5) is 5.69 Å². The van der Waals surface area contributed by atoms with E-state index in [0.717, 1.165) is 15.6 Å². The van der Waals surface area contributed by atoms with E-state index in [0.29, 0.717) is 12.1 Å². The number of halogens is 1. The van der Waals surface area contributed by atoms with Crippen LogP contribution in [-0.2, 0) is 16.0 Å². The average Bonchev–Trinajstić information content (AvgIpc) is 2.76. The van der Waals surface area contributed by atoms with Gasteiger partial charge in [0.15, 0.2) is 0 Å². The Balaban J connectivity index is 1.57. The molecule has 0 aromatic heterocycles. The number of para-hydroxylation sites is 1. The highest BCUT2D eigenvalue weighted by molar-refractivity contribution is 9.10. The second-order valence-electron chi connectivity index (χ2n) is 7.42. The molecule has 0 saturated heterocycles. The summed E-state index contributed by atoms with van der Waals surface area (Å²) in [5.41, 5.74) is 2.91. The minimum atomic E-state index is -0.175. The van der Waals surface area contributed by atoms with E-state index in [2.05, 4.69) is 38.7 Å². The first-order valence-corrected chi connectivity index (χ1v) is 10.9. The van der Waals surface area contributed by atoms with Crippen molar-refractivity contribution in [2.75, 3.05) is 25.5 Å². The number of anilines is 1. The lowest BCUT2D eigenvalue weighted by Crippen LogP contribution is -2.40. The van der Waals surface area contributed by atoms with Gasteiger partial charge in [-0.3, -0.25) is 14.5 Å². The third-order valence-corrected chi connectivity index (χ3v) is 5.49. The number of hydrogen-bond donors (Lipinski definition) is 2. The molecule has 0 aliphatic heterocycles. The molecule has 2 N–H and O–H groups in total. The van der Waals surface area contributed by atoms with Crippen molar-refractivity contribution in [3.8, 4) is 0 Å². The molecule has 0 radical (unpaired) electrons. The Bertz CT molecular complexity index is 996. The number of likely N-dealkylation sites (N-methyl/N-ethyl adjacent to an activating group) is 1. The summed E-state index contributed by atoms with van der Waals surface area (Å²) in [4.78, 5) is 26.8. The maximum atomic E-state index is 12.7. The Morgan fingerprint density at radius 1 is 0.839 bits per heavy atom. The highest BCUT2D eigenvalue weighted by Crippen LogP contribution is 2.21. The summed E-state index contributed by atoms with van der Waals surface area (Å²) in [5.74, 6) is -0.299. The minimum absolute atomic E-state index is 0.115. The fourth-order valence-electron chi connectivity index (χ4n) is 3.33. The van der Waals surface area contributed by atoms with Gasteiger partial charge < -0.3 is 10.6 Å². The number of amides is 2. The number of carbonyl (C=O) groups is 2. The predicted octanol–water partition coefficient (Wildman–Crippen LogP) is 4.42. The molecular formula is C25H26BrN3O2. The van der Waals surface area contributed by atoms with Gasteiger partial charge in [0.2, 0.25) is 11.8 Å². The van der Waals surface area contributed by atoms with Gasteiger partial charge in [0.25, 0.3) is 0 Å². The molecule has 0 spiro atoms. The van der Waals surface area contributed by atoms with E-state index < -0.39 is 0 Å². The predicted molar refractivity (Wildman–Crippen MR) is 128 cm³/mol. The van der Waals surface area contributed by atoms with Gasteiger partial charge in [-0.05, 0) is 52.7 Å². The van der Waals surface area contributed by atoms with Gasteiger partial charge in [0.05, 0.1) is 24.8 Å². The second kappa shape index (κ2) is 11.4. The van der Waals surface area contributed by atoms with Gasteiger partial charge in [-0.15, -0.1) is 0 Å². The monoisotopic (exact) mass is 479 g/mol. The molecule has 0 aliphatic rings. The van der Waals surface area contributed by atoms with Crippen molar-refractivity contribution in [1.82, 2.24) is 10.2 Å². The van der Waals surface area contributed by atoms with Crippen LogP contribution in [-0.4, -0.2) is 36.9 Å². The number of nitrogens with zero attached hydrogens (tertiary/aromatic N) is 1. The summed E-state index contributed by atoms with van der Waals surface area (Å²) >= 11 is 3.42. The Morgan fingerprint density at radius 2 is 1.42 bits per heavy atom. The standard InChI is InChI=1S/C25H26BrN3O2/c1-29(17-24(30)27-22-15-9-8-14-21(22)26)18-25(31)28-23(20-12-6-3-7-13-20)16-19-10-4-2-5-11-19/h2-15,23H,16-18H2,1H3,(H,27,30)(H,28,31). The molecule has 0 aliphatic carbocycles. The Morgan fingerprint density at radius 3 is 2.10 bits per heavy atom. The van der Waals surface area contributed by atoms with Crippen molar-refractivity contribution in [3.05, 3.63) is 101 Å². The zero-order chi connectivity index (χ0) is 22.1. The molecule has 3 rings (SSSR count).